The summed E-state index contributed by atoms with van der Waals surface area (Å²) in [5.41, 5.74) is 2.55. The highest BCUT2D eigenvalue weighted by atomic mass is 35.5. The van der Waals surface area contributed by atoms with E-state index in [0.717, 1.165) is 17.8 Å². The zero-order valence-electron chi connectivity index (χ0n) is 14.2. The van der Waals surface area contributed by atoms with Crippen LogP contribution >= 0.6 is 24.2 Å². The zero-order chi connectivity index (χ0) is 17.2. The number of rotatable bonds is 9. The monoisotopic (exact) mass is 378 g/mol. The maximum absolute atomic E-state index is 12.1. The van der Waals surface area contributed by atoms with Crippen LogP contribution in [-0.2, 0) is 11.3 Å². The molecule has 25 heavy (non-hydrogen) atoms. The minimum Gasteiger partial charge on any atom is -0.325 e. The van der Waals surface area contributed by atoms with Gasteiger partial charge in [-0.1, -0.05) is 55.5 Å². The molecule has 0 atom stereocenters. The second-order valence-electron chi connectivity index (χ2n) is 5.27. The normalized spacial score (nSPS) is 9.96. The predicted molar refractivity (Wildman–Crippen MR) is 108 cm³/mol. The zero-order valence-corrected chi connectivity index (χ0v) is 15.8. The Morgan fingerprint density at radius 2 is 1.64 bits per heavy atom. The van der Waals surface area contributed by atoms with E-state index in [1.807, 2.05) is 49.4 Å². The molecular weight excluding hydrogens is 356 g/mol. The Kier molecular flexibility index (Phi) is 9.92. The molecule has 0 unspecified atom stereocenters. The maximum atomic E-state index is 12.1. The smallest absolute Gasteiger partial charge is 0.234 e. The molecule has 2 aromatic carbocycles. The largest absolute Gasteiger partial charge is 0.325 e. The van der Waals surface area contributed by atoms with Gasteiger partial charge in [0.05, 0.1) is 11.5 Å². The van der Waals surface area contributed by atoms with Crippen LogP contribution in [0.5, 0.6) is 0 Å². The third-order valence-corrected chi connectivity index (χ3v) is 4.35. The van der Waals surface area contributed by atoms with E-state index >= 15 is 0 Å². The van der Waals surface area contributed by atoms with Crippen molar-refractivity contribution < 1.29 is 9.59 Å². The number of hydrogen-bond acceptors (Lipinski definition) is 4. The summed E-state index contributed by atoms with van der Waals surface area (Å²) in [5, 5.41) is 6.18. The van der Waals surface area contributed by atoms with E-state index in [-0.39, 0.29) is 29.9 Å². The third kappa shape index (κ3) is 7.30. The van der Waals surface area contributed by atoms with Gasteiger partial charge < -0.3 is 10.6 Å². The first-order chi connectivity index (χ1) is 11.7. The fourth-order valence-corrected chi connectivity index (χ4v) is 2.90. The Hall–Kier alpha value is -1.82. The van der Waals surface area contributed by atoms with E-state index < -0.39 is 0 Å². The molecule has 2 N–H and O–H groups in total. The van der Waals surface area contributed by atoms with Crippen molar-refractivity contribution in [3.8, 4) is 0 Å². The van der Waals surface area contributed by atoms with Crippen LogP contribution < -0.4 is 10.6 Å². The van der Waals surface area contributed by atoms with Crippen molar-refractivity contribution in [1.82, 2.24) is 5.32 Å². The number of amides is 1. The Morgan fingerprint density at radius 1 is 0.960 bits per heavy atom. The summed E-state index contributed by atoms with van der Waals surface area (Å²) in [4.78, 5) is 24.1. The molecule has 0 aliphatic heterocycles. The second-order valence-corrected chi connectivity index (χ2v) is 6.25. The fourth-order valence-electron chi connectivity index (χ4n) is 2.19. The molecule has 0 saturated carbocycles. The molecule has 6 heteroatoms. The summed E-state index contributed by atoms with van der Waals surface area (Å²) in [6, 6.07) is 16.9. The molecule has 0 aliphatic carbocycles. The lowest BCUT2D eigenvalue weighted by molar-refractivity contribution is -0.113. The number of ketones is 1. The molecule has 2 aromatic rings. The molecule has 0 spiro atoms. The van der Waals surface area contributed by atoms with E-state index in [4.69, 9.17) is 0 Å². The van der Waals surface area contributed by atoms with Crippen molar-refractivity contribution >= 4 is 41.5 Å². The quantitative estimate of drug-likeness (QED) is 0.652. The fraction of sp³-hybridized carbons (Fsp3) is 0.263. The van der Waals surface area contributed by atoms with Crippen molar-refractivity contribution in [2.75, 3.05) is 23.4 Å². The van der Waals surface area contributed by atoms with Crippen LogP contribution in [0.2, 0.25) is 0 Å². The minimum atomic E-state index is -0.0928. The van der Waals surface area contributed by atoms with E-state index in [2.05, 4.69) is 10.6 Å². The number of Topliss-reactive ketones (excluding diaryl/α,β-unsaturated/α-hetero) is 1. The van der Waals surface area contributed by atoms with E-state index in [1.54, 1.807) is 12.1 Å². The third-order valence-electron chi connectivity index (χ3n) is 3.42. The number of halogens is 1. The van der Waals surface area contributed by atoms with E-state index in [0.29, 0.717) is 17.9 Å². The van der Waals surface area contributed by atoms with Crippen molar-refractivity contribution in [2.24, 2.45) is 0 Å². The number of anilines is 1. The topological polar surface area (TPSA) is 58.2 Å². The van der Waals surface area contributed by atoms with Crippen molar-refractivity contribution in [2.45, 2.75) is 13.5 Å². The van der Waals surface area contributed by atoms with Gasteiger partial charge in [-0.15, -0.1) is 24.2 Å². The summed E-state index contributed by atoms with van der Waals surface area (Å²) < 4.78 is 0. The van der Waals surface area contributed by atoms with Crippen molar-refractivity contribution in [3.63, 3.8) is 0 Å². The van der Waals surface area contributed by atoms with Gasteiger partial charge in [-0.2, -0.15) is 0 Å². The molecule has 0 aromatic heterocycles. The van der Waals surface area contributed by atoms with Gasteiger partial charge in [-0.25, -0.2) is 0 Å². The molecule has 0 aliphatic rings. The average Bonchev–Trinajstić information content (AvgIpc) is 2.61. The number of carbonyl (C=O) groups is 2. The number of para-hydroxylation sites is 1. The highest BCUT2D eigenvalue weighted by molar-refractivity contribution is 8.00. The number of nitrogens with one attached hydrogen (secondary N) is 2. The van der Waals surface area contributed by atoms with Gasteiger partial charge in [0.15, 0.2) is 5.78 Å². The Morgan fingerprint density at radius 3 is 2.36 bits per heavy atom. The van der Waals surface area contributed by atoms with Crippen LogP contribution in [0, 0.1) is 0 Å². The van der Waals surface area contributed by atoms with Gasteiger partial charge in [0.25, 0.3) is 0 Å². The second kappa shape index (κ2) is 11.7. The lowest BCUT2D eigenvalue weighted by atomic mass is 10.1. The Labute approximate surface area is 159 Å². The summed E-state index contributed by atoms with van der Waals surface area (Å²) in [6.07, 6.45) is 0. The van der Waals surface area contributed by atoms with Gasteiger partial charge in [-0.05, 0) is 18.2 Å². The standard InChI is InChI=1S/C19H22N2O2S.ClH/c1-2-20-12-16-10-6-7-11-17(16)21-19(23)14-24-13-18(22)15-8-4-3-5-9-15;/h3-11,20H,2,12-14H2,1H3,(H,21,23);1H. The first-order valence-electron chi connectivity index (χ1n) is 7.95. The van der Waals surface area contributed by atoms with Crippen LogP contribution in [0.1, 0.15) is 22.8 Å². The lowest BCUT2D eigenvalue weighted by Crippen LogP contribution is -2.19. The van der Waals surface area contributed by atoms with Crippen LogP contribution in [0.3, 0.4) is 0 Å². The first kappa shape index (κ1) is 21.2. The number of carbonyl (C=O) groups excluding carboxylic acids is 2. The van der Waals surface area contributed by atoms with Gasteiger partial charge in [0.1, 0.15) is 0 Å². The molecule has 0 bridgehead atoms. The summed E-state index contributed by atoms with van der Waals surface area (Å²) >= 11 is 1.33. The highest BCUT2D eigenvalue weighted by Gasteiger charge is 2.09. The Bertz CT molecular complexity index is 680. The number of thioether (sulfide) groups is 1. The number of hydrogen-bond donors (Lipinski definition) is 2. The van der Waals surface area contributed by atoms with E-state index in [1.165, 1.54) is 11.8 Å². The summed E-state index contributed by atoms with van der Waals surface area (Å²) in [5.74, 6) is 0.510. The van der Waals surface area contributed by atoms with Crippen LogP contribution in [0.4, 0.5) is 5.69 Å². The lowest BCUT2D eigenvalue weighted by Gasteiger charge is -2.11. The average molecular weight is 379 g/mol. The van der Waals surface area contributed by atoms with Crippen molar-refractivity contribution in [1.29, 1.82) is 0 Å². The molecular formula is C19H23ClN2O2S. The molecule has 2 rings (SSSR count). The number of benzene rings is 2. The molecule has 0 fully saturated rings. The summed E-state index contributed by atoms with van der Waals surface area (Å²) in [7, 11) is 0. The van der Waals surface area contributed by atoms with Crippen LogP contribution in [0.15, 0.2) is 54.6 Å². The molecule has 0 saturated heterocycles. The SMILES string of the molecule is CCNCc1ccccc1NC(=O)CSCC(=O)c1ccccc1.Cl. The van der Waals surface area contributed by atoms with Gasteiger partial charge >= 0.3 is 0 Å². The molecule has 0 heterocycles. The molecule has 0 radical (unpaired) electrons. The molecule has 1 amide bonds. The van der Waals surface area contributed by atoms with Gasteiger partial charge in [0.2, 0.25) is 5.91 Å². The first-order valence-corrected chi connectivity index (χ1v) is 9.10. The van der Waals surface area contributed by atoms with Gasteiger partial charge in [-0.3, -0.25) is 9.59 Å². The van der Waals surface area contributed by atoms with Crippen LogP contribution in [-0.4, -0.2) is 29.7 Å². The van der Waals surface area contributed by atoms with Crippen LogP contribution in [0.25, 0.3) is 0 Å². The predicted octanol–water partition coefficient (Wildman–Crippen LogP) is 3.77. The molecule has 134 valence electrons. The Balaban J connectivity index is 0.00000312. The van der Waals surface area contributed by atoms with Gasteiger partial charge in [0, 0.05) is 17.8 Å². The summed E-state index contributed by atoms with van der Waals surface area (Å²) in [6.45, 7) is 3.63. The maximum Gasteiger partial charge on any atom is 0.234 e. The highest BCUT2D eigenvalue weighted by Crippen LogP contribution is 2.15. The minimum absolute atomic E-state index is 0. The van der Waals surface area contributed by atoms with E-state index in [9.17, 15) is 9.59 Å². The van der Waals surface area contributed by atoms with Crippen molar-refractivity contribution in [3.05, 3.63) is 65.7 Å². The molecule has 4 nitrogen and oxygen atoms in total.